The number of benzene rings is 2. The van der Waals surface area contributed by atoms with Crippen molar-refractivity contribution in [2.75, 3.05) is 38.3 Å². The van der Waals surface area contributed by atoms with Crippen LogP contribution in [0.2, 0.25) is 0 Å². The van der Waals surface area contributed by atoms with Crippen LogP contribution in [0.25, 0.3) is 0 Å². The standard InChI is InChI=1S/C22H26F3N3O3/c1-30-19-7-5-18(6-8-19)28-12-9-17(10-13-28)27-21(29)26-11-14-31-20-4-2-3-16(15-20)22(23,24)25/h2-8,15,17H,9-14H2,1H3,(H2,26,27,29). The lowest BCUT2D eigenvalue weighted by Crippen LogP contribution is -2.48. The van der Waals surface area contributed by atoms with Crippen molar-refractivity contribution in [1.82, 2.24) is 10.6 Å². The van der Waals surface area contributed by atoms with Gasteiger partial charge in [-0.2, -0.15) is 13.2 Å². The fourth-order valence-corrected chi connectivity index (χ4v) is 3.41. The summed E-state index contributed by atoms with van der Waals surface area (Å²) in [6.07, 6.45) is -2.78. The van der Waals surface area contributed by atoms with E-state index in [1.807, 2.05) is 24.3 Å². The van der Waals surface area contributed by atoms with Crippen molar-refractivity contribution < 1.29 is 27.4 Å². The molecule has 0 aromatic heterocycles. The number of carbonyl (C=O) groups is 1. The average molecular weight is 437 g/mol. The summed E-state index contributed by atoms with van der Waals surface area (Å²) in [5.41, 5.74) is 0.354. The van der Waals surface area contributed by atoms with Crippen molar-refractivity contribution in [3.8, 4) is 11.5 Å². The van der Waals surface area contributed by atoms with E-state index in [1.54, 1.807) is 7.11 Å². The van der Waals surface area contributed by atoms with Gasteiger partial charge in [0.2, 0.25) is 0 Å². The smallest absolute Gasteiger partial charge is 0.416 e. The molecule has 0 spiro atoms. The van der Waals surface area contributed by atoms with Crippen LogP contribution in [0.5, 0.6) is 11.5 Å². The SMILES string of the molecule is COc1ccc(N2CCC(NC(=O)NCCOc3cccc(C(F)(F)F)c3)CC2)cc1. The largest absolute Gasteiger partial charge is 0.497 e. The van der Waals surface area contributed by atoms with Crippen LogP contribution in [0, 0.1) is 0 Å². The Balaban J connectivity index is 1.34. The summed E-state index contributed by atoms with van der Waals surface area (Å²) in [5.74, 6) is 0.928. The van der Waals surface area contributed by atoms with Gasteiger partial charge in [-0.05, 0) is 55.3 Å². The number of carbonyl (C=O) groups excluding carboxylic acids is 1. The van der Waals surface area contributed by atoms with Crippen molar-refractivity contribution in [1.29, 1.82) is 0 Å². The van der Waals surface area contributed by atoms with Gasteiger partial charge in [0.25, 0.3) is 0 Å². The van der Waals surface area contributed by atoms with Crippen molar-refractivity contribution in [2.45, 2.75) is 25.1 Å². The van der Waals surface area contributed by atoms with Crippen LogP contribution in [0.1, 0.15) is 18.4 Å². The van der Waals surface area contributed by atoms with Crippen LogP contribution in [0.4, 0.5) is 23.7 Å². The van der Waals surface area contributed by atoms with Gasteiger partial charge in [-0.25, -0.2) is 4.79 Å². The molecule has 0 aliphatic carbocycles. The van der Waals surface area contributed by atoms with E-state index in [0.29, 0.717) is 0 Å². The van der Waals surface area contributed by atoms with Gasteiger partial charge in [0.05, 0.1) is 19.2 Å². The van der Waals surface area contributed by atoms with Crippen molar-refractivity contribution in [2.24, 2.45) is 0 Å². The molecule has 0 saturated carbocycles. The number of urea groups is 1. The van der Waals surface area contributed by atoms with Gasteiger partial charge in [-0.15, -0.1) is 0 Å². The molecule has 31 heavy (non-hydrogen) atoms. The number of rotatable bonds is 7. The van der Waals surface area contributed by atoms with Crippen LogP contribution in [-0.2, 0) is 6.18 Å². The molecule has 1 aliphatic heterocycles. The van der Waals surface area contributed by atoms with Crippen molar-refractivity contribution in [3.05, 3.63) is 54.1 Å². The van der Waals surface area contributed by atoms with E-state index >= 15 is 0 Å². The summed E-state index contributed by atoms with van der Waals surface area (Å²) in [7, 11) is 1.63. The molecular weight excluding hydrogens is 411 g/mol. The third-order valence-corrected chi connectivity index (χ3v) is 5.09. The first-order valence-corrected chi connectivity index (χ1v) is 10.1. The number of alkyl halides is 3. The van der Waals surface area contributed by atoms with Gasteiger partial charge in [0.15, 0.2) is 0 Å². The molecule has 0 atom stereocenters. The molecule has 3 rings (SSSR count). The van der Waals surface area contributed by atoms with Gasteiger partial charge in [0, 0.05) is 24.8 Å². The lowest BCUT2D eigenvalue weighted by Gasteiger charge is -2.34. The zero-order chi connectivity index (χ0) is 22.3. The first kappa shape index (κ1) is 22.6. The third kappa shape index (κ3) is 6.70. The molecule has 1 saturated heterocycles. The average Bonchev–Trinajstić information content (AvgIpc) is 2.77. The molecule has 0 radical (unpaired) electrons. The first-order valence-electron chi connectivity index (χ1n) is 10.1. The van der Waals surface area contributed by atoms with E-state index in [4.69, 9.17) is 9.47 Å². The molecule has 2 amide bonds. The minimum Gasteiger partial charge on any atom is -0.497 e. The zero-order valence-corrected chi connectivity index (χ0v) is 17.2. The first-order chi connectivity index (χ1) is 14.8. The molecule has 168 valence electrons. The number of amides is 2. The highest BCUT2D eigenvalue weighted by Gasteiger charge is 2.30. The van der Waals surface area contributed by atoms with Crippen LogP contribution < -0.4 is 25.0 Å². The number of hydrogen-bond acceptors (Lipinski definition) is 4. The fraction of sp³-hybridized carbons (Fsp3) is 0.409. The minimum absolute atomic E-state index is 0.0684. The molecule has 1 fully saturated rings. The Hall–Kier alpha value is -3.10. The number of halogens is 3. The summed E-state index contributed by atoms with van der Waals surface area (Å²) in [4.78, 5) is 14.3. The Kier molecular flexibility index (Phi) is 7.49. The van der Waals surface area contributed by atoms with Crippen LogP contribution in [0.3, 0.4) is 0 Å². The lowest BCUT2D eigenvalue weighted by molar-refractivity contribution is -0.137. The Morgan fingerprint density at radius 2 is 1.81 bits per heavy atom. The molecule has 2 aromatic rings. The summed E-state index contributed by atoms with van der Waals surface area (Å²) < 4.78 is 48.6. The number of nitrogens with zero attached hydrogens (tertiary/aromatic N) is 1. The summed E-state index contributed by atoms with van der Waals surface area (Å²) in [6.45, 7) is 1.92. The highest BCUT2D eigenvalue weighted by atomic mass is 19.4. The van der Waals surface area contributed by atoms with Gasteiger partial charge in [-0.1, -0.05) is 6.07 Å². The fourth-order valence-electron chi connectivity index (χ4n) is 3.41. The van der Waals surface area contributed by atoms with Crippen LogP contribution in [-0.4, -0.2) is 45.4 Å². The molecule has 0 unspecified atom stereocenters. The summed E-state index contributed by atoms with van der Waals surface area (Å²) in [6, 6.07) is 12.3. The lowest BCUT2D eigenvalue weighted by atomic mass is 10.0. The maximum atomic E-state index is 12.7. The Bertz CT molecular complexity index is 851. The molecule has 1 heterocycles. The van der Waals surface area contributed by atoms with Crippen molar-refractivity contribution >= 4 is 11.7 Å². The second-order valence-corrected chi connectivity index (χ2v) is 7.23. The minimum atomic E-state index is -4.42. The van der Waals surface area contributed by atoms with E-state index in [0.717, 1.165) is 49.5 Å². The van der Waals surface area contributed by atoms with E-state index in [2.05, 4.69) is 15.5 Å². The van der Waals surface area contributed by atoms with E-state index in [1.165, 1.54) is 12.1 Å². The number of piperidine rings is 1. The Morgan fingerprint density at radius 1 is 1.10 bits per heavy atom. The van der Waals surface area contributed by atoms with Crippen LogP contribution >= 0.6 is 0 Å². The van der Waals surface area contributed by atoms with Gasteiger partial charge < -0.3 is 25.0 Å². The number of nitrogens with one attached hydrogen (secondary N) is 2. The molecule has 2 N–H and O–H groups in total. The summed E-state index contributed by atoms with van der Waals surface area (Å²) in [5, 5.41) is 5.61. The number of anilines is 1. The molecule has 6 nitrogen and oxygen atoms in total. The maximum Gasteiger partial charge on any atom is 0.416 e. The predicted molar refractivity (Wildman–Crippen MR) is 112 cm³/mol. The third-order valence-electron chi connectivity index (χ3n) is 5.09. The van der Waals surface area contributed by atoms with Gasteiger partial charge >= 0.3 is 12.2 Å². The van der Waals surface area contributed by atoms with E-state index in [-0.39, 0.29) is 31.0 Å². The molecule has 9 heteroatoms. The topological polar surface area (TPSA) is 62.8 Å². The predicted octanol–water partition coefficient (Wildman–Crippen LogP) is 4.06. The molecule has 1 aliphatic rings. The van der Waals surface area contributed by atoms with E-state index < -0.39 is 11.7 Å². The second kappa shape index (κ2) is 10.3. The normalized spacial score (nSPS) is 14.8. The molecule has 2 aromatic carbocycles. The maximum absolute atomic E-state index is 12.7. The monoisotopic (exact) mass is 437 g/mol. The quantitative estimate of drug-likeness (QED) is 0.642. The Labute approximate surface area is 179 Å². The van der Waals surface area contributed by atoms with Gasteiger partial charge in [0.1, 0.15) is 18.1 Å². The molecule has 0 bridgehead atoms. The highest BCUT2D eigenvalue weighted by molar-refractivity contribution is 5.74. The van der Waals surface area contributed by atoms with E-state index in [9.17, 15) is 18.0 Å². The number of ether oxygens (including phenoxy) is 2. The number of hydrogen-bond donors (Lipinski definition) is 2. The highest BCUT2D eigenvalue weighted by Crippen LogP contribution is 2.31. The second-order valence-electron chi connectivity index (χ2n) is 7.23. The van der Waals surface area contributed by atoms with Crippen LogP contribution in [0.15, 0.2) is 48.5 Å². The van der Waals surface area contributed by atoms with Crippen molar-refractivity contribution in [3.63, 3.8) is 0 Å². The number of methoxy groups -OCH3 is 1. The Morgan fingerprint density at radius 3 is 2.45 bits per heavy atom. The zero-order valence-electron chi connectivity index (χ0n) is 17.2. The molecular formula is C22H26F3N3O3. The summed E-state index contributed by atoms with van der Waals surface area (Å²) >= 11 is 0. The van der Waals surface area contributed by atoms with Gasteiger partial charge in [-0.3, -0.25) is 0 Å².